The molecule has 0 saturated heterocycles. The van der Waals surface area contributed by atoms with E-state index in [1.165, 1.54) is 6.07 Å². The molecule has 1 amide bonds. The van der Waals surface area contributed by atoms with Gasteiger partial charge in [-0.05, 0) is 36.2 Å². The van der Waals surface area contributed by atoms with Crippen LogP contribution in [0.15, 0.2) is 22.5 Å². The molecular formula is C10H11N3O3S3. The van der Waals surface area contributed by atoms with Gasteiger partial charge in [0.25, 0.3) is 5.91 Å². The average Bonchev–Trinajstić information content (AvgIpc) is 2.93. The van der Waals surface area contributed by atoms with Crippen molar-refractivity contribution in [3.05, 3.63) is 33.6 Å². The number of nitrogens with one attached hydrogen (secondary N) is 1. The minimum absolute atomic E-state index is 0.0886. The highest BCUT2D eigenvalue weighted by atomic mass is 32.2. The van der Waals surface area contributed by atoms with Crippen LogP contribution in [-0.4, -0.2) is 18.7 Å². The molecule has 9 heteroatoms. The Bertz CT molecular complexity index is 702. The average molecular weight is 317 g/mol. The molecule has 102 valence electrons. The molecular weight excluding hydrogens is 306 g/mol. The van der Waals surface area contributed by atoms with Gasteiger partial charge in [-0.15, -0.1) is 11.3 Å². The van der Waals surface area contributed by atoms with Crippen LogP contribution in [0.5, 0.6) is 0 Å². The second-order valence-electron chi connectivity index (χ2n) is 3.79. The highest BCUT2D eigenvalue weighted by Gasteiger charge is 2.14. The predicted molar refractivity (Wildman–Crippen MR) is 73.7 cm³/mol. The molecule has 0 saturated carbocycles. The van der Waals surface area contributed by atoms with Crippen molar-refractivity contribution in [1.82, 2.24) is 9.69 Å². The van der Waals surface area contributed by atoms with Crippen molar-refractivity contribution in [3.63, 3.8) is 0 Å². The first-order chi connectivity index (χ1) is 8.88. The summed E-state index contributed by atoms with van der Waals surface area (Å²) in [6, 6.07) is 3.06. The monoisotopic (exact) mass is 317 g/mol. The van der Waals surface area contributed by atoms with Crippen molar-refractivity contribution in [1.29, 1.82) is 0 Å². The van der Waals surface area contributed by atoms with Crippen LogP contribution in [0.3, 0.4) is 0 Å². The molecule has 19 heavy (non-hydrogen) atoms. The molecule has 2 aromatic heterocycles. The molecule has 6 nitrogen and oxygen atoms in total. The number of aryl methyl sites for hydroxylation is 1. The number of sulfonamides is 1. The van der Waals surface area contributed by atoms with Gasteiger partial charge in [0.2, 0.25) is 10.0 Å². The van der Waals surface area contributed by atoms with E-state index < -0.39 is 10.0 Å². The summed E-state index contributed by atoms with van der Waals surface area (Å²) in [4.78, 5) is 13.1. The fraction of sp³-hybridized carbons (Fsp3) is 0.200. The molecule has 0 unspecified atom stereocenters. The van der Waals surface area contributed by atoms with Crippen molar-refractivity contribution in [2.45, 2.75) is 17.7 Å². The van der Waals surface area contributed by atoms with Crippen molar-refractivity contribution in [3.8, 4) is 0 Å². The minimum atomic E-state index is -3.67. The number of hydrogen-bond acceptors (Lipinski definition) is 6. The molecule has 2 heterocycles. The number of nitrogens with zero attached hydrogens (tertiary/aromatic N) is 1. The van der Waals surface area contributed by atoms with Gasteiger partial charge in [-0.25, -0.2) is 17.9 Å². The number of aromatic nitrogens is 1. The highest BCUT2D eigenvalue weighted by Crippen LogP contribution is 2.20. The number of carbonyl (C=O) groups excluding carboxylic acids is 1. The second kappa shape index (κ2) is 5.37. The van der Waals surface area contributed by atoms with Gasteiger partial charge in [0.05, 0.1) is 6.54 Å². The Morgan fingerprint density at radius 3 is 2.74 bits per heavy atom. The second-order valence-corrected chi connectivity index (χ2v) is 7.54. The quantitative estimate of drug-likeness (QED) is 0.881. The van der Waals surface area contributed by atoms with E-state index >= 15 is 0 Å². The van der Waals surface area contributed by atoms with E-state index in [1.54, 1.807) is 12.3 Å². The maximum Gasteiger partial charge on any atom is 0.263 e. The first kappa shape index (κ1) is 14.1. The standard InChI is InChI=1S/C10H11N3O3S3/c1-6-4-13-18-9(6)10(14)12-5-7-2-3-8(17-7)19(11,15)16/h2-4H,5H2,1H3,(H,12,14)(H2,11,15,16). The number of nitrogens with two attached hydrogens (primary N) is 1. The fourth-order valence-electron chi connectivity index (χ4n) is 1.36. The van der Waals surface area contributed by atoms with Gasteiger partial charge >= 0.3 is 0 Å². The minimum Gasteiger partial charge on any atom is -0.346 e. The van der Waals surface area contributed by atoms with Gasteiger partial charge in [0.15, 0.2) is 0 Å². The molecule has 3 N–H and O–H groups in total. The molecule has 0 aromatic carbocycles. The SMILES string of the molecule is Cc1cnsc1C(=O)NCc1ccc(S(N)(=O)=O)s1. The number of amides is 1. The zero-order valence-corrected chi connectivity index (χ0v) is 12.4. The Hall–Kier alpha value is -1.29. The molecule has 0 aliphatic heterocycles. The summed E-state index contributed by atoms with van der Waals surface area (Å²) in [7, 11) is -3.67. The topological polar surface area (TPSA) is 102 Å². The molecule has 2 rings (SSSR count). The van der Waals surface area contributed by atoms with Crippen molar-refractivity contribution >= 4 is 38.8 Å². The zero-order valence-electron chi connectivity index (χ0n) is 9.91. The summed E-state index contributed by atoms with van der Waals surface area (Å²) < 4.78 is 26.2. The fourth-order valence-corrected chi connectivity index (χ4v) is 3.75. The number of thiophene rings is 1. The van der Waals surface area contributed by atoms with Crippen LogP contribution >= 0.6 is 22.9 Å². The molecule has 0 radical (unpaired) electrons. The van der Waals surface area contributed by atoms with E-state index in [-0.39, 0.29) is 16.7 Å². The lowest BCUT2D eigenvalue weighted by Gasteiger charge is -2.01. The maximum atomic E-state index is 11.8. The lowest BCUT2D eigenvalue weighted by molar-refractivity contribution is 0.0955. The lowest BCUT2D eigenvalue weighted by Crippen LogP contribution is -2.21. The first-order valence-corrected chi connectivity index (χ1v) is 8.32. The molecule has 0 fully saturated rings. The van der Waals surface area contributed by atoms with Crippen LogP contribution in [0.25, 0.3) is 0 Å². The van der Waals surface area contributed by atoms with E-state index in [1.807, 2.05) is 6.92 Å². The third kappa shape index (κ3) is 3.38. The van der Waals surface area contributed by atoms with E-state index in [0.717, 1.165) is 33.3 Å². The molecule has 0 bridgehead atoms. The normalized spacial score (nSPS) is 11.5. The molecule has 2 aromatic rings. The van der Waals surface area contributed by atoms with Crippen LogP contribution in [0, 0.1) is 6.92 Å². The summed E-state index contributed by atoms with van der Waals surface area (Å²) >= 11 is 2.17. The lowest BCUT2D eigenvalue weighted by atomic mass is 10.3. The van der Waals surface area contributed by atoms with Gasteiger partial charge in [0.1, 0.15) is 9.09 Å². The van der Waals surface area contributed by atoms with Crippen LogP contribution in [0.1, 0.15) is 20.1 Å². The Morgan fingerprint density at radius 1 is 1.47 bits per heavy atom. The van der Waals surface area contributed by atoms with Gasteiger partial charge < -0.3 is 5.32 Å². The number of hydrogen-bond donors (Lipinski definition) is 2. The van der Waals surface area contributed by atoms with E-state index in [0.29, 0.717) is 4.88 Å². The van der Waals surface area contributed by atoms with Crippen molar-refractivity contribution in [2.24, 2.45) is 5.14 Å². The molecule has 0 atom stereocenters. The number of rotatable bonds is 4. The van der Waals surface area contributed by atoms with Crippen LogP contribution < -0.4 is 10.5 Å². The Labute approximate surface area is 118 Å². The van der Waals surface area contributed by atoms with Gasteiger partial charge in [0, 0.05) is 11.1 Å². The van der Waals surface area contributed by atoms with Crippen molar-refractivity contribution < 1.29 is 13.2 Å². The highest BCUT2D eigenvalue weighted by molar-refractivity contribution is 7.91. The van der Waals surface area contributed by atoms with Crippen molar-refractivity contribution in [2.75, 3.05) is 0 Å². The van der Waals surface area contributed by atoms with Crippen LogP contribution in [-0.2, 0) is 16.6 Å². The Balaban J connectivity index is 2.02. The third-order valence-electron chi connectivity index (χ3n) is 2.30. The first-order valence-electron chi connectivity index (χ1n) is 5.19. The molecule has 0 aliphatic rings. The summed E-state index contributed by atoms with van der Waals surface area (Å²) in [6.45, 7) is 2.07. The molecule has 0 spiro atoms. The van der Waals surface area contributed by atoms with E-state index in [9.17, 15) is 13.2 Å². The van der Waals surface area contributed by atoms with E-state index in [4.69, 9.17) is 5.14 Å². The molecule has 0 aliphatic carbocycles. The largest absolute Gasteiger partial charge is 0.346 e. The van der Waals surface area contributed by atoms with Gasteiger partial charge in [-0.2, -0.15) is 0 Å². The van der Waals surface area contributed by atoms with Crippen LogP contribution in [0.4, 0.5) is 0 Å². The Morgan fingerprint density at radius 2 is 2.21 bits per heavy atom. The summed E-state index contributed by atoms with van der Waals surface area (Å²) in [5.74, 6) is -0.217. The summed E-state index contributed by atoms with van der Waals surface area (Å²) in [5, 5.41) is 7.72. The van der Waals surface area contributed by atoms with Crippen LogP contribution in [0.2, 0.25) is 0 Å². The maximum absolute atomic E-state index is 11.8. The zero-order chi connectivity index (χ0) is 14.0. The predicted octanol–water partition coefficient (Wildman–Crippen LogP) is 1.09. The third-order valence-corrected chi connectivity index (χ3v) is 5.72. The van der Waals surface area contributed by atoms with Gasteiger partial charge in [-0.1, -0.05) is 0 Å². The smallest absolute Gasteiger partial charge is 0.263 e. The van der Waals surface area contributed by atoms with Gasteiger partial charge in [-0.3, -0.25) is 4.79 Å². The van der Waals surface area contributed by atoms with E-state index in [2.05, 4.69) is 9.69 Å². The Kier molecular flexibility index (Phi) is 3.99. The number of carbonyl (C=O) groups is 1. The summed E-state index contributed by atoms with van der Waals surface area (Å²) in [5.41, 5.74) is 0.818. The summed E-state index contributed by atoms with van der Waals surface area (Å²) in [6.07, 6.45) is 1.63. The number of primary sulfonamides is 1.